The molecule has 1 fully saturated rings. The van der Waals surface area contributed by atoms with Crippen molar-refractivity contribution < 1.29 is 4.79 Å². The average Bonchev–Trinajstić information content (AvgIpc) is 3.40. The number of rotatable bonds is 5. The summed E-state index contributed by atoms with van der Waals surface area (Å²) >= 11 is 0. The molecule has 1 saturated heterocycles. The zero-order valence-electron chi connectivity index (χ0n) is 15.6. The summed E-state index contributed by atoms with van der Waals surface area (Å²) in [5.74, 6) is 1.18. The molecule has 3 heterocycles. The molecule has 1 unspecified atom stereocenters. The topological polar surface area (TPSA) is 106 Å². The molecule has 1 atom stereocenters. The third kappa shape index (κ3) is 3.84. The summed E-state index contributed by atoms with van der Waals surface area (Å²) in [7, 11) is 2.02. The molecular formula is C19H22N8O. The van der Waals surface area contributed by atoms with Gasteiger partial charge >= 0.3 is 0 Å². The number of nitrogen functional groups attached to an aromatic ring is 1. The maximum Gasteiger partial charge on any atom is 0.253 e. The van der Waals surface area contributed by atoms with E-state index in [2.05, 4.69) is 25.2 Å². The van der Waals surface area contributed by atoms with Crippen LogP contribution in [0.2, 0.25) is 0 Å². The monoisotopic (exact) mass is 378 g/mol. The van der Waals surface area contributed by atoms with Crippen LogP contribution in [0.25, 0.3) is 5.69 Å². The lowest BCUT2D eigenvalue weighted by molar-refractivity contribution is 0.0779. The molecule has 2 aromatic heterocycles. The van der Waals surface area contributed by atoms with Gasteiger partial charge in [0, 0.05) is 30.9 Å². The van der Waals surface area contributed by atoms with Gasteiger partial charge in [0.05, 0.1) is 24.6 Å². The first kappa shape index (κ1) is 18.1. The number of aromatic nitrogens is 5. The number of hydrogen-bond donors (Lipinski definition) is 1. The van der Waals surface area contributed by atoms with Gasteiger partial charge in [-0.25, -0.2) is 14.6 Å². The highest BCUT2D eigenvalue weighted by atomic mass is 16.2. The molecule has 1 aliphatic rings. The van der Waals surface area contributed by atoms with Crippen molar-refractivity contribution >= 4 is 11.7 Å². The minimum absolute atomic E-state index is 0.0260. The van der Waals surface area contributed by atoms with E-state index < -0.39 is 0 Å². The molecule has 0 saturated carbocycles. The molecule has 9 heteroatoms. The number of nitrogens with zero attached hydrogens (tertiary/aromatic N) is 7. The summed E-state index contributed by atoms with van der Waals surface area (Å²) in [6.07, 6.45) is 5.94. The minimum Gasteiger partial charge on any atom is -0.384 e. The van der Waals surface area contributed by atoms with E-state index in [0.717, 1.165) is 18.7 Å². The second kappa shape index (κ2) is 7.73. The van der Waals surface area contributed by atoms with Crippen molar-refractivity contribution in [1.29, 1.82) is 0 Å². The Labute approximate surface area is 162 Å². The first-order chi connectivity index (χ1) is 13.6. The fraction of sp³-hybridized carbons (Fsp3) is 0.316. The molecule has 144 valence electrons. The van der Waals surface area contributed by atoms with Gasteiger partial charge in [-0.15, -0.1) is 5.10 Å². The van der Waals surface area contributed by atoms with Gasteiger partial charge in [0.1, 0.15) is 11.6 Å². The van der Waals surface area contributed by atoms with Crippen molar-refractivity contribution in [3.8, 4) is 5.69 Å². The van der Waals surface area contributed by atoms with Gasteiger partial charge in [0.15, 0.2) is 0 Å². The Morgan fingerprint density at radius 3 is 3.00 bits per heavy atom. The fourth-order valence-electron chi connectivity index (χ4n) is 3.44. The van der Waals surface area contributed by atoms with Gasteiger partial charge in [-0.3, -0.25) is 9.69 Å². The van der Waals surface area contributed by atoms with E-state index in [9.17, 15) is 4.79 Å². The fourth-order valence-corrected chi connectivity index (χ4v) is 3.44. The number of likely N-dealkylation sites (N-methyl/N-ethyl adjacent to an activating group) is 1. The van der Waals surface area contributed by atoms with E-state index in [1.54, 1.807) is 29.3 Å². The maximum atomic E-state index is 13.0. The van der Waals surface area contributed by atoms with Crippen molar-refractivity contribution in [2.24, 2.45) is 0 Å². The normalized spacial score (nSPS) is 16.6. The Balaban J connectivity index is 1.41. The Morgan fingerprint density at radius 1 is 1.32 bits per heavy atom. The minimum atomic E-state index is 0.0260. The van der Waals surface area contributed by atoms with Crippen LogP contribution < -0.4 is 5.73 Å². The summed E-state index contributed by atoms with van der Waals surface area (Å²) < 4.78 is 1.64. The lowest BCUT2D eigenvalue weighted by atomic mass is 10.2. The van der Waals surface area contributed by atoms with Crippen LogP contribution >= 0.6 is 0 Å². The van der Waals surface area contributed by atoms with Gasteiger partial charge in [-0.2, -0.15) is 0 Å². The van der Waals surface area contributed by atoms with Gasteiger partial charge < -0.3 is 10.6 Å². The Kier molecular flexibility index (Phi) is 4.98. The zero-order chi connectivity index (χ0) is 19.5. The molecule has 3 aromatic rings. The number of nitrogens with two attached hydrogens (primary N) is 1. The number of hydrogen-bond acceptors (Lipinski definition) is 7. The molecule has 4 rings (SSSR count). The molecule has 1 aliphatic heterocycles. The third-order valence-electron chi connectivity index (χ3n) is 4.97. The smallest absolute Gasteiger partial charge is 0.253 e. The van der Waals surface area contributed by atoms with Crippen molar-refractivity contribution in [2.75, 3.05) is 25.9 Å². The standard InChI is InChI=1S/C19H22N8O/c1-25(13-18-21-7-5-17(20)23-18)16-6-9-26(12-16)19(28)14-3-2-4-15(11-14)27-10-8-22-24-27/h2-5,7-8,10-11,16H,6,9,12-13H2,1H3,(H2,20,21,23). The van der Waals surface area contributed by atoms with Crippen LogP contribution in [0.4, 0.5) is 5.82 Å². The number of likely N-dealkylation sites (tertiary alicyclic amines) is 1. The summed E-state index contributed by atoms with van der Waals surface area (Å²) in [6, 6.07) is 9.37. The SMILES string of the molecule is CN(Cc1nccc(N)n1)C1CCN(C(=O)c2cccc(-n3ccnn3)c2)C1. The maximum absolute atomic E-state index is 13.0. The second-order valence-electron chi connectivity index (χ2n) is 6.90. The molecule has 0 bridgehead atoms. The van der Waals surface area contributed by atoms with E-state index >= 15 is 0 Å². The van der Waals surface area contributed by atoms with Gasteiger partial charge in [-0.1, -0.05) is 11.3 Å². The molecule has 0 radical (unpaired) electrons. The number of amides is 1. The van der Waals surface area contributed by atoms with Crippen LogP contribution in [0.5, 0.6) is 0 Å². The molecule has 2 N–H and O–H groups in total. The molecule has 1 amide bonds. The number of carbonyl (C=O) groups is 1. The van der Waals surface area contributed by atoms with Crippen LogP contribution in [0.15, 0.2) is 48.9 Å². The van der Waals surface area contributed by atoms with E-state index in [0.29, 0.717) is 30.3 Å². The summed E-state index contributed by atoms with van der Waals surface area (Å²) in [6.45, 7) is 1.99. The first-order valence-electron chi connectivity index (χ1n) is 9.14. The first-order valence-corrected chi connectivity index (χ1v) is 9.14. The van der Waals surface area contributed by atoms with E-state index in [1.807, 2.05) is 36.2 Å². The van der Waals surface area contributed by atoms with Crippen molar-refractivity contribution in [2.45, 2.75) is 19.0 Å². The van der Waals surface area contributed by atoms with Crippen molar-refractivity contribution in [1.82, 2.24) is 34.8 Å². The molecular weight excluding hydrogens is 356 g/mol. The van der Waals surface area contributed by atoms with E-state index in [-0.39, 0.29) is 11.9 Å². The lowest BCUT2D eigenvalue weighted by Gasteiger charge is -2.24. The Morgan fingerprint density at radius 2 is 2.21 bits per heavy atom. The van der Waals surface area contributed by atoms with Gasteiger partial charge in [0.25, 0.3) is 5.91 Å². The number of benzene rings is 1. The lowest BCUT2D eigenvalue weighted by Crippen LogP contribution is -2.36. The molecule has 1 aromatic carbocycles. The van der Waals surface area contributed by atoms with Crippen molar-refractivity contribution in [3.63, 3.8) is 0 Å². The molecule has 0 aliphatic carbocycles. The predicted molar refractivity (Wildman–Crippen MR) is 104 cm³/mol. The Hall–Kier alpha value is -3.33. The van der Waals surface area contributed by atoms with E-state index in [1.165, 1.54) is 0 Å². The number of anilines is 1. The van der Waals surface area contributed by atoms with E-state index in [4.69, 9.17) is 5.73 Å². The molecule has 0 spiro atoms. The zero-order valence-corrected chi connectivity index (χ0v) is 15.6. The second-order valence-corrected chi connectivity index (χ2v) is 6.90. The largest absolute Gasteiger partial charge is 0.384 e. The predicted octanol–water partition coefficient (Wildman–Crippen LogP) is 0.986. The third-order valence-corrected chi connectivity index (χ3v) is 4.97. The van der Waals surface area contributed by atoms with Crippen LogP contribution in [0.3, 0.4) is 0 Å². The Bertz CT molecular complexity index is 958. The highest BCUT2D eigenvalue weighted by molar-refractivity contribution is 5.95. The van der Waals surface area contributed by atoms with Crippen LogP contribution in [-0.4, -0.2) is 66.8 Å². The molecule has 28 heavy (non-hydrogen) atoms. The quantitative estimate of drug-likeness (QED) is 0.705. The van der Waals surface area contributed by atoms with Crippen LogP contribution in [0.1, 0.15) is 22.6 Å². The number of carbonyl (C=O) groups excluding carboxylic acids is 1. The van der Waals surface area contributed by atoms with Crippen LogP contribution in [0, 0.1) is 0 Å². The van der Waals surface area contributed by atoms with Crippen LogP contribution in [-0.2, 0) is 6.54 Å². The summed E-state index contributed by atoms with van der Waals surface area (Å²) in [4.78, 5) is 25.5. The highest BCUT2D eigenvalue weighted by Gasteiger charge is 2.29. The van der Waals surface area contributed by atoms with Crippen molar-refractivity contribution in [3.05, 3.63) is 60.3 Å². The molecule has 9 nitrogen and oxygen atoms in total. The highest BCUT2D eigenvalue weighted by Crippen LogP contribution is 2.19. The van der Waals surface area contributed by atoms with Gasteiger partial charge in [-0.05, 0) is 37.7 Å². The average molecular weight is 378 g/mol. The summed E-state index contributed by atoms with van der Waals surface area (Å²) in [5.41, 5.74) is 7.19. The van der Waals surface area contributed by atoms with Gasteiger partial charge in [0.2, 0.25) is 0 Å². The summed E-state index contributed by atoms with van der Waals surface area (Å²) in [5, 5.41) is 7.79.